The molecule has 0 aromatic heterocycles. The summed E-state index contributed by atoms with van der Waals surface area (Å²) in [5.41, 5.74) is 2.59. The Morgan fingerprint density at radius 1 is 1.21 bits per heavy atom. The molecule has 1 aliphatic rings. The molecule has 0 atom stereocenters. The molecule has 0 bridgehead atoms. The second-order valence-corrected chi connectivity index (χ2v) is 4.17. The van der Waals surface area contributed by atoms with Crippen molar-refractivity contribution >= 4 is 5.69 Å². The Morgan fingerprint density at radius 3 is 2.14 bits per heavy atom. The van der Waals surface area contributed by atoms with E-state index < -0.39 is 0 Å². The molecule has 72 valence electrons. The van der Waals surface area contributed by atoms with Crippen molar-refractivity contribution < 1.29 is 0 Å². The minimum Gasteiger partial charge on any atom is -0.378 e. The van der Waals surface area contributed by atoms with Crippen LogP contribution in [0.1, 0.15) is 18.4 Å². The lowest BCUT2D eigenvalue weighted by Crippen LogP contribution is -2.09. The molecule has 0 unspecified atom stereocenters. The van der Waals surface area contributed by atoms with E-state index in [4.69, 9.17) is 6.42 Å². The molecule has 1 nitrogen and oxygen atoms in total. The third kappa shape index (κ3) is 1.37. The molecule has 0 radical (unpaired) electrons. The van der Waals surface area contributed by atoms with Gasteiger partial charge < -0.3 is 4.90 Å². The highest BCUT2D eigenvalue weighted by Gasteiger charge is 2.42. The highest BCUT2D eigenvalue weighted by molar-refractivity contribution is 5.50. The van der Waals surface area contributed by atoms with E-state index in [1.54, 1.807) is 0 Å². The molecule has 0 heterocycles. The molecular formula is C13H15N. The molecule has 1 aliphatic carbocycles. The maximum absolute atomic E-state index is 5.54. The van der Waals surface area contributed by atoms with Crippen LogP contribution in [0.4, 0.5) is 5.69 Å². The molecule has 14 heavy (non-hydrogen) atoms. The third-order valence-corrected chi connectivity index (χ3v) is 2.96. The normalized spacial score (nSPS) is 17.2. The first kappa shape index (κ1) is 9.15. The Balaban J connectivity index is 2.28. The van der Waals surface area contributed by atoms with Crippen molar-refractivity contribution in [3.63, 3.8) is 0 Å². The summed E-state index contributed by atoms with van der Waals surface area (Å²) in [4.78, 5) is 2.10. The minimum atomic E-state index is 0.0742. The lowest BCUT2D eigenvalue weighted by Gasteiger charge is -2.14. The van der Waals surface area contributed by atoms with Crippen molar-refractivity contribution in [3.8, 4) is 12.3 Å². The molecule has 0 saturated heterocycles. The van der Waals surface area contributed by atoms with Gasteiger partial charge in [-0.15, -0.1) is 6.42 Å². The summed E-state index contributed by atoms with van der Waals surface area (Å²) in [5.74, 6) is 2.90. The smallest absolute Gasteiger partial charge is 0.0561 e. The molecule has 1 fully saturated rings. The van der Waals surface area contributed by atoms with Crippen LogP contribution >= 0.6 is 0 Å². The maximum atomic E-state index is 5.54. The molecule has 1 saturated carbocycles. The second kappa shape index (κ2) is 3.06. The van der Waals surface area contributed by atoms with Gasteiger partial charge in [0.15, 0.2) is 0 Å². The summed E-state index contributed by atoms with van der Waals surface area (Å²) >= 11 is 0. The van der Waals surface area contributed by atoms with Gasteiger partial charge in [-0.1, -0.05) is 18.1 Å². The number of rotatable bonds is 2. The number of benzene rings is 1. The molecule has 1 heteroatoms. The van der Waals surface area contributed by atoms with E-state index in [1.165, 1.54) is 11.3 Å². The average Bonchev–Trinajstić information content (AvgIpc) is 2.99. The zero-order valence-electron chi connectivity index (χ0n) is 8.75. The van der Waals surface area contributed by atoms with Gasteiger partial charge in [-0.3, -0.25) is 0 Å². The Hall–Kier alpha value is -1.42. The van der Waals surface area contributed by atoms with Crippen LogP contribution in [0, 0.1) is 12.3 Å². The van der Waals surface area contributed by atoms with E-state index in [2.05, 4.69) is 35.1 Å². The summed E-state index contributed by atoms with van der Waals surface area (Å²) in [6.45, 7) is 0. The molecular weight excluding hydrogens is 170 g/mol. The van der Waals surface area contributed by atoms with Crippen molar-refractivity contribution in [1.29, 1.82) is 0 Å². The predicted octanol–water partition coefficient (Wildman–Crippen LogP) is 2.42. The number of hydrogen-bond acceptors (Lipinski definition) is 1. The summed E-state index contributed by atoms with van der Waals surface area (Å²) in [6, 6.07) is 8.57. The van der Waals surface area contributed by atoms with Crippen LogP contribution in [0.3, 0.4) is 0 Å². The highest BCUT2D eigenvalue weighted by atomic mass is 15.1. The molecule has 2 rings (SSSR count). The average molecular weight is 185 g/mol. The van der Waals surface area contributed by atoms with Gasteiger partial charge in [0.25, 0.3) is 0 Å². The van der Waals surface area contributed by atoms with Gasteiger partial charge in [-0.25, -0.2) is 0 Å². The molecule has 1 aromatic rings. The van der Waals surface area contributed by atoms with Crippen molar-refractivity contribution in [2.45, 2.75) is 18.3 Å². The quantitative estimate of drug-likeness (QED) is 0.640. The Labute approximate surface area is 85.7 Å². The SMILES string of the molecule is C#CC1(c2ccc(N(C)C)cc2)CC1. The molecule has 0 amide bonds. The topological polar surface area (TPSA) is 3.24 Å². The van der Waals surface area contributed by atoms with Crippen LogP contribution in [0.25, 0.3) is 0 Å². The van der Waals surface area contributed by atoms with E-state index in [0.717, 1.165) is 12.8 Å². The van der Waals surface area contributed by atoms with Crippen molar-refractivity contribution in [1.82, 2.24) is 0 Å². The summed E-state index contributed by atoms with van der Waals surface area (Å²) in [6.07, 6.45) is 7.83. The highest BCUT2D eigenvalue weighted by Crippen LogP contribution is 2.47. The van der Waals surface area contributed by atoms with Gasteiger partial charge in [0.2, 0.25) is 0 Å². The van der Waals surface area contributed by atoms with E-state index in [-0.39, 0.29) is 5.41 Å². The van der Waals surface area contributed by atoms with Crippen molar-refractivity contribution in [2.75, 3.05) is 19.0 Å². The molecule has 0 N–H and O–H groups in total. The molecule has 1 aromatic carbocycles. The number of hydrogen-bond donors (Lipinski definition) is 0. The van der Waals surface area contributed by atoms with Gasteiger partial charge in [-0.2, -0.15) is 0 Å². The molecule has 0 spiro atoms. The van der Waals surface area contributed by atoms with Crippen LogP contribution in [-0.2, 0) is 5.41 Å². The second-order valence-electron chi connectivity index (χ2n) is 4.17. The molecule has 0 aliphatic heterocycles. The Bertz CT molecular complexity index is 363. The number of terminal acetylenes is 1. The summed E-state index contributed by atoms with van der Waals surface area (Å²) in [7, 11) is 4.09. The summed E-state index contributed by atoms with van der Waals surface area (Å²) < 4.78 is 0. The first-order valence-corrected chi connectivity index (χ1v) is 4.94. The third-order valence-electron chi connectivity index (χ3n) is 2.96. The Kier molecular flexibility index (Phi) is 2.00. The van der Waals surface area contributed by atoms with Gasteiger partial charge in [0.05, 0.1) is 5.41 Å². The summed E-state index contributed by atoms with van der Waals surface area (Å²) in [5, 5.41) is 0. The van der Waals surface area contributed by atoms with Crippen molar-refractivity contribution in [3.05, 3.63) is 29.8 Å². The van der Waals surface area contributed by atoms with Gasteiger partial charge in [-0.05, 0) is 30.5 Å². The van der Waals surface area contributed by atoms with Gasteiger partial charge >= 0.3 is 0 Å². The first-order chi connectivity index (χ1) is 6.68. The maximum Gasteiger partial charge on any atom is 0.0561 e. The van der Waals surface area contributed by atoms with Crippen LogP contribution in [-0.4, -0.2) is 14.1 Å². The van der Waals surface area contributed by atoms with Crippen LogP contribution in [0.15, 0.2) is 24.3 Å². The fourth-order valence-corrected chi connectivity index (χ4v) is 1.72. The fraction of sp³-hybridized carbons (Fsp3) is 0.385. The van der Waals surface area contributed by atoms with Crippen molar-refractivity contribution in [2.24, 2.45) is 0 Å². The Morgan fingerprint density at radius 2 is 1.79 bits per heavy atom. The monoisotopic (exact) mass is 185 g/mol. The lowest BCUT2D eigenvalue weighted by molar-refractivity contribution is 0.929. The van der Waals surface area contributed by atoms with E-state index >= 15 is 0 Å². The number of anilines is 1. The first-order valence-electron chi connectivity index (χ1n) is 4.94. The standard InChI is InChI=1S/C13H15N/c1-4-13(9-10-13)11-5-7-12(8-6-11)14(2)3/h1,5-8H,9-10H2,2-3H3. The number of nitrogens with zero attached hydrogens (tertiary/aromatic N) is 1. The van der Waals surface area contributed by atoms with Crippen LogP contribution in [0.5, 0.6) is 0 Å². The van der Waals surface area contributed by atoms with E-state index in [1.807, 2.05) is 14.1 Å². The van der Waals surface area contributed by atoms with Crippen LogP contribution in [0.2, 0.25) is 0 Å². The zero-order chi connectivity index (χ0) is 10.2. The van der Waals surface area contributed by atoms with Gasteiger partial charge in [0, 0.05) is 19.8 Å². The zero-order valence-corrected chi connectivity index (χ0v) is 8.75. The van der Waals surface area contributed by atoms with E-state index in [9.17, 15) is 0 Å². The largest absolute Gasteiger partial charge is 0.378 e. The lowest BCUT2D eigenvalue weighted by atomic mass is 9.97. The fourth-order valence-electron chi connectivity index (χ4n) is 1.72. The van der Waals surface area contributed by atoms with Crippen LogP contribution < -0.4 is 4.90 Å². The minimum absolute atomic E-state index is 0.0742. The predicted molar refractivity (Wildman–Crippen MR) is 60.5 cm³/mol. The van der Waals surface area contributed by atoms with Gasteiger partial charge in [0.1, 0.15) is 0 Å². The van der Waals surface area contributed by atoms with E-state index in [0.29, 0.717) is 0 Å².